The van der Waals surface area contributed by atoms with E-state index in [0.29, 0.717) is 6.54 Å². The van der Waals surface area contributed by atoms with E-state index in [-0.39, 0.29) is 23.3 Å². The molecule has 0 saturated heterocycles. The zero-order valence-electron chi connectivity index (χ0n) is 13.8. The monoisotopic (exact) mass is 341 g/mol. The second-order valence-electron chi connectivity index (χ2n) is 5.38. The number of nitrogens with one attached hydrogen (secondary N) is 2. The van der Waals surface area contributed by atoms with E-state index in [1.54, 1.807) is 24.3 Å². The first-order valence-electron chi connectivity index (χ1n) is 7.17. The molecule has 8 heteroatoms. The molecule has 0 aromatic heterocycles. The number of urea groups is 1. The number of nitrogens with zero attached hydrogens (tertiary/aromatic N) is 1. The Kier molecular flexibility index (Phi) is 6.71. The maximum Gasteiger partial charge on any atom is 0.321 e. The van der Waals surface area contributed by atoms with Crippen molar-refractivity contribution >= 4 is 21.8 Å². The van der Waals surface area contributed by atoms with Crippen LogP contribution < -0.4 is 10.6 Å². The summed E-state index contributed by atoms with van der Waals surface area (Å²) >= 11 is 0. The number of hydrogen-bond acceptors (Lipinski definition) is 5. The molecular weight excluding hydrogens is 318 g/mol. The molecule has 0 aliphatic carbocycles. The Labute approximate surface area is 137 Å². The predicted molar refractivity (Wildman–Crippen MR) is 87.8 cm³/mol. The fraction of sp³-hybridized carbons (Fsp3) is 0.467. The van der Waals surface area contributed by atoms with Gasteiger partial charge in [-0.05, 0) is 31.7 Å². The molecule has 2 N–H and O–H groups in total. The molecule has 1 aromatic carbocycles. The summed E-state index contributed by atoms with van der Waals surface area (Å²) in [5.41, 5.74) is 0.951. The van der Waals surface area contributed by atoms with Gasteiger partial charge in [-0.1, -0.05) is 12.1 Å². The number of benzene rings is 1. The third-order valence-corrected chi connectivity index (χ3v) is 4.75. The summed E-state index contributed by atoms with van der Waals surface area (Å²) in [6.45, 7) is 2.43. The Bertz CT molecular complexity index is 656. The highest BCUT2D eigenvalue weighted by Gasteiger charge is 2.15. The van der Waals surface area contributed by atoms with E-state index in [1.807, 2.05) is 18.9 Å². The maximum atomic E-state index is 11.6. The topological polar surface area (TPSA) is 95.6 Å². The Morgan fingerprint density at radius 1 is 1.22 bits per heavy atom. The van der Waals surface area contributed by atoms with Crippen LogP contribution in [-0.4, -0.2) is 52.2 Å². The number of carbonyl (C=O) groups excluding carboxylic acids is 2. The quantitative estimate of drug-likeness (QED) is 0.802. The fourth-order valence-corrected chi connectivity index (χ4v) is 2.60. The van der Waals surface area contributed by atoms with Gasteiger partial charge < -0.3 is 5.32 Å². The lowest BCUT2D eigenvalue weighted by Crippen LogP contribution is -2.39. The number of amides is 3. The Morgan fingerprint density at radius 2 is 1.78 bits per heavy atom. The van der Waals surface area contributed by atoms with Crippen molar-refractivity contribution in [2.75, 3.05) is 26.9 Å². The first kappa shape index (κ1) is 19.1. The van der Waals surface area contributed by atoms with Crippen LogP contribution in [-0.2, 0) is 14.6 Å². The molecule has 0 heterocycles. The van der Waals surface area contributed by atoms with Gasteiger partial charge in [-0.25, -0.2) is 13.2 Å². The second kappa shape index (κ2) is 8.07. The highest BCUT2D eigenvalue weighted by molar-refractivity contribution is 7.90. The molecule has 7 nitrogen and oxygen atoms in total. The highest BCUT2D eigenvalue weighted by atomic mass is 32.2. The third-order valence-electron chi connectivity index (χ3n) is 3.62. The summed E-state index contributed by atoms with van der Waals surface area (Å²) in [6, 6.07) is 6.17. The van der Waals surface area contributed by atoms with E-state index in [2.05, 4.69) is 10.6 Å². The van der Waals surface area contributed by atoms with Crippen LogP contribution in [0.5, 0.6) is 0 Å². The summed E-state index contributed by atoms with van der Waals surface area (Å²) < 4.78 is 22.9. The molecule has 128 valence electrons. The molecule has 0 aliphatic rings. The zero-order valence-corrected chi connectivity index (χ0v) is 14.6. The van der Waals surface area contributed by atoms with Crippen molar-refractivity contribution in [3.8, 4) is 0 Å². The molecule has 0 saturated carbocycles. The molecule has 1 atom stereocenters. The highest BCUT2D eigenvalue weighted by Crippen LogP contribution is 2.20. The molecule has 0 unspecified atom stereocenters. The van der Waals surface area contributed by atoms with Gasteiger partial charge >= 0.3 is 6.03 Å². The van der Waals surface area contributed by atoms with Crippen molar-refractivity contribution in [1.82, 2.24) is 15.5 Å². The van der Waals surface area contributed by atoms with Crippen LogP contribution in [0, 0.1) is 0 Å². The van der Waals surface area contributed by atoms with Crippen molar-refractivity contribution in [2.45, 2.75) is 24.3 Å². The molecule has 0 bridgehead atoms. The second-order valence-corrected chi connectivity index (χ2v) is 7.39. The molecule has 23 heavy (non-hydrogen) atoms. The van der Waals surface area contributed by atoms with Gasteiger partial charge in [0.15, 0.2) is 9.84 Å². The third kappa shape index (κ3) is 5.99. The van der Waals surface area contributed by atoms with E-state index in [9.17, 15) is 18.0 Å². The van der Waals surface area contributed by atoms with Gasteiger partial charge in [-0.15, -0.1) is 0 Å². The summed E-state index contributed by atoms with van der Waals surface area (Å²) in [5, 5.41) is 4.52. The minimum Gasteiger partial charge on any atom is -0.341 e. The lowest BCUT2D eigenvalue weighted by Gasteiger charge is -2.25. The van der Waals surface area contributed by atoms with Gasteiger partial charge in [-0.2, -0.15) is 0 Å². The Morgan fingerprint density at radius 3 is 2.26 bits per heavy atom. The molecule has 1 aromatic rings. The normalized spacial score (nSPS) is 12.7. The largest absolute Gasteiger partial charge is 0.341 e. The van der Waals surface area contributed by atoms with E-state index in [1.165, 1.54) is 13.3 Å². The van der Waals surface area contributed by atoms with Gasteiger partial charge in [0, 0.05) is 32.3 Å². The van der Waals surface area contributed by atoms with E-state index < -0.39 is 15.9 Å². The fourth-order valence-electron chi connectivity index (χ4n) is 1.97. The zero-order chi connectivity index (χ0) is 17.6. The van der Waals surface area contributed by atoms with Gasteiger partial charge in [0.1, 0.15) is 0 Å². The van der Waals surface area contributed by atoms with Crippen molar-refractivity contribution in [1.29, 1.82) is 0 Å². The number of carbonyl (C=O) groups is 2. The van der Waals surface area contributed by atoms with Crippen molar-refractivity contribution in [3.05, 3.63) is 29.8 Å². The van der Waals surface area contributed by atoms with Gasteiger partial charge in [0.2, 0.25) is 5.91 Å². The van der Waals surface area contributed by atoms with Crippen LogP contribution >= 0.6 is 0 Å². The van der Waals surface area contributed by atoms with E-state index >= 15 is 0 Å². The van der Waals surface area contributed by atoms with Gasteiger partial charge in [-0.3, -0.25) is 15.0 Å². The van der Waals surface area contributed by atoms with Crippen molar-refractivity contribution in [3.63, 3.8) is 0 Å². The van der Waals surface area contributed by atoms with Crippen LogP contribution in [0.2, 0.25) is 0 Å². The predicted octanol–water partition coefficient (Wildman–Crippen LogP) is 0.929. The lowest BCUT2D eigenvalue weighted by molar-refractivity contribution is -0.120. The summed E-state index contributed by atoms with van der Waals surface area (Å²) in [4.78, 5) is 24.8. The Balaban J connectivity index is 2.61. The average Bonchev–Trinajstić information content (AvgIpc) is 2.51. The van der Waals surface area contributed by atoms with Crippen LogP contribution in [0.25, 0.3) is 0 Å². The summed E-state index contributed by atoms with van der Waals surface area (Å²) in [7, 11) is 0.0994. The minimum absolute atomic E-state index is 0.0106. The minimum atomic E-state index is -3.21. The van der Waals surface area contributed by atoms with Crippen molar-refractivity contribution in [2.24, 2.45) is 0 Å². The van der Waals surface area contributed by atoms with Crippen molar-refractivity contribution < 1.29 is 18.0 Å². The molecule has 0 radical (unpaired) electrons. The summed E-state index contributed by atoms with van der Waals surface area (Å²) in [5.74, 6) is -0.351. The molecular formula is C15H23N3O4S. The Hall–Kier alpha value is -1.93. The molecule has 3 amide bonds. The van der Waals surface area contributed by atoms with Gasteiger partial charge in [0.25, 0.3) is 0 Å². The van der Waals surface area contributed by atoms with E-state index in [4.69, 9.17) is 0 Å². The van der Waals surface area contributed by atoms with E-state index in [0.717, 1.165) is 5.56 Å². The first-order valence-corrected chi connectivity index (χ1v) is 9.06. The molecule has 1 rings (SSSR count). The van der Waals surface area contributed by atoms with Crippen LogP contribution in [0.1, 0.15) is 24.9 Å². The van der Waals surface area contributed by atoms with Crippen LogP contribution in [0.3, 0.4) is 0 Å². The number of hydrogen-bond donors (Lipinski definition) is 2. The van der Waals surface area contributed by atoms with Crippen LogP contribution in [0.15, 0.2) is 29.2 Å². The number of sulfone groups is 1. The smallest absolute Gasteiger partial charge is 0.321 e. The molecule has 0 aliphatic heterocycles. The standard InChI is InChI=1S/C15H23N3O4S/c1-11(12-5-7-13(8-6-12)23(4,21)22)18(3)10-9-14(19)17-15(20)16-2/h5-8,11H,9-10H2,1-4H3,(H2,16,17,19,20)/t11-/m1/s1. The summed E-state index contributed by atoms with van der Waals surface area (Å²) in [6.07, 6.45) is 1.36. The number of rotatable bonds is 6. The van der Waals surface area contributed by atoms with Crippen LogP contribution in [0.4, 0.5) is 4.79 Å². The molecule has 0 spiro atoms. The lowest BCUT2D eigenvalue weighted by atomic mass is 10.1. The number of imide groups is 1. The maximum absolute atomic E-state index is 11.6. The first-order chi connectivity index (χ1) is 10.6. The molecule has 0 fully saturated rings. The average molecular weight is 341 g/mol. The van der Waals surface area contributed by atoms with Gasteiger partial charge in [0.05, 0.1) is 4.90 Å². The SMILES string of the molecule is CNC(=O)NC(=O)CCN(C)[C@H](C)c1ccc(S(C)(=O)=O)cc1.